The fraction of sp³-hybridized carbons (Fsp3) is 0.706. The number of carbonyl (C=O) groups is 2. The Morgan fingerprint density at radius 2 is 2.00 bits per heavy atom. The van der Waals surface area contributed by atoms with Gasteiger partial charge in [-0.2, -0.15) is 5.10 Å². The van der Waals surface area contributed by atoms with E-state index in [9.17, 15) is 9.59 Å². The van der Waals surface area contributed by atoms with Gasteiger partial charge in [0.25, 0.3) is 5.91 Å². The lowest BCUT2D eigenvalue weighted by Gasteiger charge is -2.29. The van der Waals surface area contributed by atoms with Crippen LogP contribution in [-0.4, -0.2) is 34.8 Å². The number of fused-ring (bicyclic) bond motifs is 2. The van der Waals surface area contributed by atoms with Crippen LogP contribution in [0.2, 0.25) is 0 Å². The molecule has 3 rings (SSSR count). The van der Waals surface area contributed by atoms with Crippen molar-refractivity contribution >= 4 is 11.9 Å². The van der Waals surface area contributed by atoms with Crippen molar-refractivity contribution in [1.82, 2.24) is 15.1 Å². The van der Waals surface area contributed by atoms with Crippen LogP contribution in [0.1, 0.15) is 50.4 Å². The number of rotatable bonds is 3. The molecule has 0 spiro atoms. The number of amides is 1. The van der Waals surface area contributed by atoms with Crippen molar-refractivity contribution < 1.29 is 14.3 Å². The molecule has 4 atom stereocenters. The highest BCUT2D eigenvalue weighted by molar-refractivity contribution is 5.94. The van der Waals surface area contributed by atoms with Crippen molar-refractivity contribution in [3.63, 3.8) is 0 Å². The molecule has 126 valence electrons. The Hall–Kier alpha value is -1.85. The van der Waals surface area contributed by atoms with Crippen LogP contribution in [-0.2, 0) is 15.1 Å². The van der Waals surface area contributed by atoms with Crippen molar-refractivity contribution in [2.45, 2.75) is 51.6 Å². The van der Waals surface area contributed by atoms with E-state index < -0.39 is 0 Å². The quantitative estimate of drug-likeness (QED) is 0.864. The maximum absolute atomic E-state index is 12.6. The van der Waals surface area contributed by atoms with Crippen molar-refractivity contribution in [1.29, 1.82) is 0 Å². The highest BCUT2D eigenvalue weighted by Crippen LogP contribution is 2.49. The first kappa shape index (κ1) is 16.0. The van der Waals surface area contributed by atoms with Gasteiger partial charge in [0, 0.05) is 12.2 Å². The molecule has 1 amide bonds. The summed E-state index contributed by atoms with van der Waals surface area (Å²) in [7, 11) is 1.42. The Balaban J connectivity index is 1.74. The van der Waals surface area contributed by atoms with E-state index in [1.807, 2.05) is 20.8 Å². The molecule has 0 radical (unpaired) electrons. The molecule has 0 aromatic carbocycles. The fourth-order valence-electron chi connectivity index (χ4n) is 4.02. The number of aromatic nitrogens is 2. The molecule has 6 nitrogen and oxygen atoms in total. The zero-order valence-corrected chi connectivity index (χ0v) is 14.2. The summed E-state index contributed by atoms with van der Waals surface area (Å²) in [6.07, 6.45) is 6.48. The van der Waals surface area contributed by atoms with Gasteiger partial charge in [-0.1, -0.05) is 0 Å². The summed E-state index contributed by atoms with van der Waals surface area (Å²) in [5.41, 5.74) is 0.366. The molecule has 6 heteroatoms. The lowest BCUT2D eigenvalue weighted by atomic mass is 9.84. The van der Waals surface area contributed by atoms with E-state index in [4.69, 9.17) is 4.74 Å². The topological polar surface area (TPSA) is 73.2 Å². The standard InChI is InChI=1S/C17H25N3O3/c1-17(2,3)20-9-12(8-18-20)15(21)19-14-11-6-5-10(7-11)13(14)16(22)23-4/h8-11,13-14H,5-7H2,1-4H3,(H,19,21)/t10-,11-,13-,14-/m0/s1. The third-order valence-corrected chi connectivity index (χ3v) is 5.22. The van der Waals surface area contributed by atoms with Gasteiger partial charge in [0.05, 0.1) is 30.3 Å². The summed E-state index contributed by atoms with van der Waals surface area (Å²) in [4.78, 5) is 24.6. The average Bonchev–Trinajstić information content (AvgIpc) is 3.20. The van der Waals surface area contributed by atoms with Gasteiger partial charge < -0.3 is 10.1 Å². The highest BCUT2D eigenvalue weighted by atomic mass is 16.5. The van der Waals surface area contributed by atoms with Crippen LogP contribution < -0.4 is 5.32 Å². The minimum Gasteiger partial charge on any atom is -0.469 e. The van der Waals surface area contributed by atoms with Crippen LogP contribution in [0, 0.1) is 17.8 Å². The maximum atomic E-state index is 12.6. The van der Waals surface area contributed by atoms with Gasteiger partial charge in [0.1, 0.15) is 0 Å². The summed E-state index contributed by atoms with van der Waals surface area (Å²) in [5, 5.41) is 7.33. The zero-order valence-electron chi connectivity index (χ0n) is 14.2. The molecule has 2 bridgehead atoms. The lowest BCUT2D eigenvalue weighted by molar-refractivity contribution is -0.148. The summed E-state index contributed by atoms with van der Waals surface area (Å²) in [5.74, 6) is 0.154. The van der Waals surface area contributed by atoms with E-state index in [1.165, 1.54) is 7.11 Å². The van der Waals surface area contributed by atoms with Gasteiger partial charge in [0.15, 0.2) is 0 Å². The predicted octanol–water partition coefficient (Wildman–Crippen LogP) is 1.96. The van der Waals surface area contributed by atoms with Crippen LogP contribution >= 0.6 is 0 Å². The van der Waals surface area contributed by atoms with Gasteiger partial charge in [-0.3, -0.25) is 14.3 Å². The number of ether oxygens (including phenoxy) is 1. The van der Waals surface area contributed by atoms with Crippen molar-refractivity contribution in [3.05, 3.63) is 18.0 Å². The number of esters is 1. The first-order valence-corrected chi connectivity index (χ1v) is 8.25. The van der Waals surface area contributed by atoms with Crippen LogP contribution in [0.25, 0.3) is 0 Å². The third-order valence-electron chi connectivity index (χ3n) is 5.22. The van der Waals surface area contributed by atoms with Crippen molar-refractivity contribution in [2.75, 3.05) is 7.11 Å². The number of nitrogens with one attached hydrogen (secondary N) is 1. The molecule has 2 aliphatic rings. The normalized spacial score (nSPS) is 29.6. The van der Waals surface area contributed by atoms with Gasteiger partial charge in [-0.05, 0) is 51.9 Å². The van der Waals surface area contributed by atoms with Crippen molar-refractivity contribution in [3.8, 4) is 0 Å². The number of nitrogens with zero attached hydrogens (tertiary/aromatic N) is 2. The van der Waals surface area contributed by atoms with Crippen LogP contribution in [0.15, 0.2) is 12.4 Å². The largest absolute Gasteiger partial charge is 0.469 e. The highest BCUT2D eigenvalue weighted by Gasteiger charge is 2.52. The Morgan fingerprint density at radius 3 is 2.61 bits per heavy atom. The van der Waals surface area contributed by atoms with Crippen LogP contribution in [0.5, 0.6) is 0 Å². The Bertz CT molecular complexity index is 617. The molecule has 1 N–H and O–H groups in total. The first-order chi connectivity index (χ1) is 10.8. The van der Waals surface area contributed by atoms with E-state index in [0.29, 0.717) is 17.4 Å². The summed E-state index contributed by atoms with van der Waals surface area (Å²) in [6, 6.07) is -0.119. The molecule has 2 saturated carbocycles. The van der Waals surface area contributed by atoms with E-state index in [-0.39, 0.29) is 29.4 Å². The minimum absolute atomic E-state index is 0.119. The zero-order chi connectivity index (χ0) is 16.8. The molecular weight excluding hydrogens is 294 g/mol. The molecule has 1 aromatic rings. The summed E-state index contributed by atoms with van der Waals surface area (Å²) < 4.78 is 6.72. The van der Waals surface area contributed by atoms with Gasteiger partial charge in [-0.15, -0.1) is 0 Å². The molecule has 2 aliphatic carbocycles. The number of carbonyl (C=O) groups excluding carboxylic acids is 2. The van der Waals surface area contributed by atoms with E-state index >= 15 is 0 Å². The Kier molecular flexibility index (Phi) is 3.94. The van der Waals surface area contributed by atoms with Gasteiger partial charge >= 0.3 is 5.97 Å². The van der Waals surface area contributed by atoms with Gasteiger partial charge in [0.2, 0.25) is 0 Å². The minimum atomic E-state index is -0.208. The first-order valence-electron chi connectivity index (χ1n) is 8.25. The smallest absolute Gasteiger partial charge is 0.311 e. The monoisotopic (exact) mass is 319 g/mol. The molecule has 1 heterocycles. The Labute approximate surface area is 136 Å². The number of methoxy groups -OCH3 is 1. The fourth-order valence-corrected chi connectivity index (χ4v) is 4.02. The molecular formula is C17H25N3O3. The number of hydrogen-bond acceptors (Lipinski definition) is 4. The second kappa shape index (κ2) is 5.65. The Morgan fingerprint density at radius 1 is 1.30 bits per heavy atom. The molecule has 0 unspecified atom stereocenters. The van der Waals surface area contributed by atoms with Crippen LogP contribution in [0.3, 0.4) is 0 Å². The second-order valence-electron chi connectivity index (χ2n) is 7.73. The summed E-state index contributed by atoms with van der Waals surface area (Å²) >= 11 is 0. The van der Waals surface area contributed by atoms with Gasteiger partial charge in [-0.25, -0.2) is 0 Å². The molecule has 0 aliphatic heterocycles. The van der Waals surface area contributed by atoms with E-state index in [2.05, 4.69) is 10.4 Å². The SMILES string of the molecule is COC(=O)[C@H]1[C@H]2CC[C@@H](C2)[C@@H]1NC(=O)c1cnn(C(C)(C)C)c1. The molecule has 1 aromatic heterocycles. The molecule has 0 saturated heterocycles. The third kappa shape index (κ3) is 2.86. The van der Waals surface area contributed by atoms with Crippen LogP contribution in [0.4, 0.5) is 0 Å². The average molecular weight is 319 g/mol. The lowest BCUT2D eigenvalue weighted by Crippen LogP contribution is -2.47. The molecule has 23 heavy (non-hydrogen) atoms. The van der Waals surface area contributed by atoms with E-state index in [0.717, 1.165) is 19.3 Å². The van der Waals surface area contributed by atoms with E-state index in [1.54, 1.807) is 17.1 Å². The number of hydrogen-bond donors (Lipinski definition) is 1. The predicted molar refractivity (Wildman–Crippen MR) is 84.8 cm³/mol. The summed E-state index contributed by atoms with van der Waals surface area (Å²) in [6.45, 7) is 6.10. The van der Waals surface area contributed by atoms with Crippen molar-refractivity contribution in [2.24, 2.45) is 17.8 Å². The molecule has 2 fully saturated rings. The maximum Gasteiger partial charge on any atom is 0.311 e. The second-order valence-corrected chi connectivity index (χ2v) is 7.73.